The van der Waals surface area contributed by atoms with E-state index in [1.165, 1.54) is 16.8 Å². The molecule has 1 aliphatic rings. The van der Waals surface area contributed by atoms with Gasteiger partial charge in [0.05, 0.1) is 25.1 Å². The number of hydrogen-bond acceptors (Lipinski definition) is 5. The Kier molecular flexibility index (Phi) is 4.24. The van der Waals surface area contributed by atoms with Crippen molar-refractivity contribution in [2.75, 3.05) is 19.7 Å². The molecule has 1 N–H and O–H groups in total. The Morgan fingerprint density at radius 3 is 2.84 bits per heavy atom. The summed E-state index contributed by atoms with van der Waals surface area (Å²) in [7, 11) is -3.62. The Hall–Kier alpha value is -0.960. The number of ether oxygens (including phenoxy) is 1. The third-order valence-corrected chi connectivity index (χ3v) is 4.79. The first-order valence-corrected chi connectivity index (χ1v) is 7.69. The molecule has 8 heteroatoms. The van der Waals surface area contributed by atoms with Gasteiger partial charge in [0.15, 0.2) is 5.03 Å². The molecule has 0 saturated carbocycles. The molecule has 108 valence electrons. The zero-order chi connectivity index (χ0) is 14.0. The van der Waals surface area contributed by atoms with E-state index in [9.17, 15) is 8.42 Å². The monoisotopic (exact) mass is 289 g/mol. The van der Waals surface area contributed by atoms with Crippen LogP contribution in [0, 0.1) is 0 Å². The van der Waals surface area contributed by atoms with E-state index in [-0.39, 0.29) is 30.8 Å². The molecule has 0 spiro atoms. The number of rotatable bonds is 4. The molecule has 0 radical (unpaired) electrons. The SMILES string of the molecule is CCn1cnc(S(=O)(=O)N2CC(C)OC(CO)C2)c1. The Bertz CT molecular complexity index is 528. The van der Waals surface area contributed by atoms with Crippen LogP contribution < -0.4 is 0 Å². The Morgan fingerprint density at radius 1 is 1.53 bits per heavy atom. The van der Waals surface area contributed by atoms with Crippen molar-refractivity contribution in [2.24, 2.45) is 0 Å². The fraction of sp³-hybridized carbons (Fsp3) is 0.727. The summed E-state index contributed by atoms with van der Waals surface area (Å²) >= 11 is 0. The van der Waals surface area contributed by atoms with Crippen LogP contribution in [0.1, 0.15) is 13.8 Å². The van der Waals surface area contributed by atoms with Gasteiger partial charge in [-0.05, 0) is 13.8 Å². The Labute approximate surface area is 112 Å². The van der Waals surface area contributed by atoms with Gasteiger partial charge in [-0.25, -0.2) is 13.4 Å². The van der Waals surface area contributed by atoms with E-state index in [0.717, 1.165) is 0 Å². The molecule has 7 nitrogen and oxygen atoms in total. The van der Waals surface area contributed by atoms with Gasteiger partial charge in [-0.3, -0.25) is 0 Å². The summed E-state index contributed by atoms with van der Waals surface area (Å²) < 4.78 is 33.3. The van der Waals surface area contributed by atoms with Crippen molar-refractivity contribution in [2.45, 2.75) is 37.6 Å². The van der Waals surface area contributed by atoms with Crippen molar-refractivity contribution in [1.82, 2.24) is 13.9 Å². The summed E-state index contributed by atoms with van der Waals surface area (Å²) in [6, 6.07) is 0. The van der Waals surface area contributed by atoms with Gasteiger partial charge in [0.25, 0.3) is 10.0 Å². The van der Waals surface area contributed by atoms with Crippen molar-refractivity contribution >= 4 is 10.0 Å². The number of aliphatic hydroxyl groups is 1. The molecule has 0 bridgehead atoms. The molecular weight excluding hydrogens is 270 g/mol. The summed E-state index contributed by atoms with van der Waals surface area (Å²) in [6.07, 6.45) is 2.30. The van der Waals surface area contributed by atoms with E-state index < -0.39 is 16.1 Å². The lowest BCUT2D eigenvalue weighted by atomic mass is 10.2. The molecule has 19 heavy (non-hydrogen) atoms. The van der Waals surface area contributed by atoms with Gasteiger partial charge in [0.2, 0.25) is 0 Å². The molecule has 1 fully saturated rings. The van der Waals surface area contributed by atoms with Crippen LogP contribution in [-0.2, 0) is 21.3 Å². The van der Waals surface area contributed by atoms with Crippen LogP contribution in [0.4, 0.5) is 0 Å². The molecule has 0 amide bonds. The van der Waals surface area contributed by atoms with Crippen LogP contribution in [0.15, 0.2) is 17.6 Å². The van der Waals surface area contributed by atoms with Crippen LogP contribution in [0.2, 0.25) is 0 Å². The summed E-state index contributed by atoms with van der Waals surface area (Å²) in [5.74, 6) is 0. The average molecular weight is 289 g/mol. The van der Waals surface area contributed by atoms with Gasteiger partial charge < -0.3 is 14.4 Å². The zero-order valence-electron chi connectivity index (χ0n) is 11.1. The Morgan fingerprint density at radius 2 is 2.26 bits per heavy atom. The van der Waals surface area contributed by atoms with E-state index in [2.05, 4.69) is 4.98 Å². The molecule has 1 aromatic heterocycles. The van der Waals surface area contributed by atoms with E-state index in [0.29, 0.717) is 6.54 Å². The van der Waals surface area contributed by atoms with Crippen LogP contribution in [0.3, 0.4) is 0 Å². The quantitative estimate of drug-likeness (QED) is 0.820. The third kappa shape index (κ3) is 2.97. The van der Waals surface area contributed by atoms with Crippen LogP contribution >= 0.6 is 0 Å². The second-order valence-electron chi connectivity index (χ2n) is 4.62. The van der Waals surface area contributed by atoms with Gasteiger partial charge in [-0.1, -0.05) is 0 Å². The van der Waals surface area contributed by atoms with Crippen molar-refractivity contribution in [3.8, 4) is 0 Å². The lowest BCUT2D eigenvalue weighted by molar-refractivity contribution is -0.0750. The van der Waals surface area contributed by atoms with Crippen LogP contribution in [0.5, 0.6) is 0 Å². The fourth-order valence-corrected chi connectivity index (χ4v) is 3.56. The summed E-state index contributed by atoms with van der Waals surface area (Å²) in [5, 5.41) is 9.18. The molecule has 2 heterocycles. The number of morpholine rings is 1. The highest BCUT2D eigenvalue weighted by Gasteiger charge is 2.34. The minimum absolute atomic E-state index is 0.0418. The second-order valence-corrected chi connectivity index (χ2v) is 6.50. The summed E-state index contributed by atoms with van der Waals surface area (Å²) in [6.45, 7) is 4.60. The van der Waals surface area contributed by atoms with Gasteiger partial charge in [-0.2, -0.15) is 4.31 Å². The first kappa shape index (κ1) is 14.4. The lowest BCUT2D eigenvalue weighted by Gasteiger charge is -2.34. The maximum Gasteiger partial charge on any atom is 0.262 e. The largest absolute Gasteiger partial charge is 0.394 e. The molecule has 2 unspecified atom stereocenters. The van der Waals surface area contributed by atoms with E-state index in [1.807, 2.05) is 6.92 Å². The molecule has 1 saturated heterocycles. The van der Waals surface area contributed by atoms with Gasteiger partial charge in [-0.15, -0.1) is 0 Å². The third-order valence-electron chi connectivity index (χ3n) is 3.08. The number of aryl methyl sites for hydroxylation is 1. The minimum atomic E-state index is -3.62. The summed E-state index contributed by atoms with van der Waals surface area (Å²) in [5.41, 5.74) is 0. The zero-order valence-corrected chi connectivity index (χ0v) is 11.9. The number of aromatic nitrogens is 2. The number of imidazole rings is 1. The van der Waals surface area contributed by atoms with Crippen molar-refractivity contribution in [3.63, 3.8) is 0 Å². The molecule has 0 aliphatic carbocycles. The van der Waals surface area contributed by atoms with E-state index in [1.54, 1.807) is 11.5 Å². The first-order valence-electron chi connectivity index (χ1n) is 6.25. The molecule has 1 aliphatic heterocycles. The van der Waals surface area contributed by atoms with Gasteiger partial charge in [0.1, 0.15) is 0 Å². The number of aliphatic hydroxyl groups excluding tert-OH is 1. The second kappa shape index (κ2) is 5.58. The number of nitrogens with zero attached hydrogens (tertiary/aromatic N) is 3. The van der Waals surface area contributed by atoms with E-state index >= 15 is 0 Å². The molecular formula is C11H19N3O4S. The van der Waals surface area contributed by atoms with Crippen LogP contribution in [0.25, 0.3) is 0 Å². The normalized spacial score (nSPS) is 25.6. The minimum Gasteiger partial charge on any atom is -0.394 e. The smallest absolute Gasteiger partial charge is 0.262 e. The molecule has 0 aromatic carbocycles. The average Bonchev–Trinajstić information content (AvgIpc) is 2.87. The van der Waals surface area contributed by atoms with Crippen molar-refractivity contribution in [1.29, 1.82) is 0 Å². The highest BCUT2D eigenvalue weighted by atomic mass is 32.2. The number of hydrogen-bond donors (Lipinski definition) is 1. The maximum absolute atomic E-state index is 12.4. The van der Waals surface area contributed by atoms with Crippen LogP contribution in [-0.4, -0.2) is 59.3 Å². The highest BCUT2D eigenvalue weighted by molar-refractivity contribution is 7.89. The summed E-state index contributed by atoms with van der Waals surface area (Å²) in [4.78, 5) is 3.94. The molecule has 1 aromatic rings. The van der Waals surface area contributed by atoms with Crippen molar-refractivity contribution in [3.05, 3.63) is 12.5 Å². The van der Waals surface area contributed by atoms with E-state index in [4.69, 9.17) is 9.84 Å². The Balaban J connectivity index is 2.23. The molecule has 2 rings (SSSR count). The fourth-order valence-electron chi connectivity index (χ4n) is 2.08. The molecule has 2 atom stereocenters. The predicted octanol–water partition coefficient (Wildman–Crippen LogP) is -0.327. The van der Waals surface area contributed by atoms with Crippen molar-refractivity contribution < 1.29 is 18.3 Å². The highest BCUT2D eigenvalue weighted by Crippen LogP contribution is 2.19. The predicted molar refractivity (Wildman–Crippen MR) is 68.1 cm³/mol. The maximum atomic E-state index is 12.4. The topological polar surface area (TPSA) is 84.7 Å². The number of sulfonamides is 1. The standard InChI is InChI=1S/C11H19N3O4S/c1-3-13-6-11(12-8-13)19(16,17)14-4-9(2)18-10(5-14)7-15/h6,8-10,15H,3-5,7H2,1-2H3. The first-order chi connectivity index (χ1) is 8.97. The van der Waals surface area contributed by atoms with Gasteiger partial charge in [0, 0.05) is 25.8 Å². The lowest BCUT2D eigenvalue weighted by Crippen LogP contribution is -2.50. The van der Waals surface area contributed by atoms with Gasteiger partial charge >= 0.3 is 0 Å².